The average molecular weight is 431 g/mol. The molecule has 6 nitrogen and oxygen atoms in total. The highest BCUT2D eigenvalue weighted by atomic mass is 16.3. The molecule has 0 spiro atoms. The number of aryl methyl sites for hydroxylation is 1. The molecule has 2 heterocycles. The van der Waals surface area contributed by atoms with Crippen molar-refractivity contribution in [2.24, 2.45) is 0 Å². The lowest BCUT2D eigenvalue weighted by Crippen LogP contribution is -2.48. The highest BCUT2D eigenvalue weighted by Crippen LogP contribution is 2.24. The largest absolute Gasteiger partial charge is 0.394 e. The minimum atomic E-state index is -0.351. The van der Waals surface area contributed by atoms with Gasteiger partial charge in [-0.2, -0.15) is 0 Å². The van der Waals surface area contributed by atoms with E-state index in [4.69, 9.17) is 0 Å². The van der Waals surface area contributed by atoms with Gasteiger partial charge in [0.05, 0.1) is 18.2 Å². The summed E-state index contributed by atoms with van der Waals surface area (Å²) in [7, 11) is 0. The normalized spacial score (nSPS) is 14.8. The summed E-state index contributed by atoms with van der Waals surface area (Å²) in [6.07, 6.45) is 2.31. The minimum absolute atomic E-state index is 0.120. The van der Waals surface area contributed by atoms with Crippen molar-refractivity contribution in [2.45, 2.75) is 19.4 Å². The van der Waals surface area contributed by atoms with E-state index in [0.29, 0.717) is 17.8 Å². The number of pyridine rings is 1. The summed E-state index contributed by atoms with van der Waals surface area (Å²) in [6, 6.07) is 21.5. The number of para-hydroxylation sites is 1. The Kier molecular flexibility index (Phi) is 7.02. The first kappa shape index (κ1) is 21.8. The summed E-state index contributed by atoms with van der Waals surface area (Å²) in [5.41, 5.74) is 4.15. The van der Waals surface area contributed by atoms with E-state index in [9.17, 15) is 9.90 Å². The van der Waals surface area contributed by atoms with Gasteiger partial charge in [-0.1, -0.05) is 48.5 Å². The Bertz CT molecular complexity index is 1030. The Balaban J connectivity index is 1.43. The molecule has 2 N–H and O–H groups in total. The average Bonchev–Trinajstić information content (AvgIpc) is 2.84. The van der Waals surface area contributed by atoms with Crippen molar-refractivity contribution >= 4 is 17.4 Å². The molecular formula is C26H30N4O2. The van der Waals surface area contributed by atoms with Crippen LogP contribution in [0.4, 0.5) is 11.5 Å². The number of piperazine rings is 1. The summed E-state index contributed by atoms with van der Waals surface area (Å²) < 4.78 is 0. The lowest BCUT2D eigenvalue weighted by molar-refractivity contribution is 0.0916. The third-order valence-corrected chi connectivity index (χ3v) is 5.95. The van der Waals surface area contributed by atoms with Gasteiger partial charge in [-0.3, -0.25) is 4.79 Å². The molecule has 4 rings (SSSR count). The molecule has 1 aliphatic rings. The van der Waals surface area contributed by atoms with Crippen LogP contribution in [0.1, 0.15) is 21.5 Å². The Labute approximate surface area is 189 Å². The maximum absolute atomic E-state index is 13.1. The van der Waals surface area contributed by atoms with E-state index >= 15 is 0 Å². The summed E-state index contributed by atoms with van der Waals surface area (Å²) in [4.78, 5) is 22.2. The summed E-state index contributed by atoms with van der Waals surface area (Å²) >= 11 is 0. The van der Waals surface area contributed by atoms with Gasteiger partial charge >= 0.3 is 0 Å². The van der Waals surface area contributed by atoms with Crippen molar-refractivity contribution in [2.75, 3.05) is 42.6 Å². The van der Waals surface area contributed by atoms with E-state index in [1.165, 1.54) is 11.3 Å². The minimum Gasteiger partial charge on any atom is -0.394 e. The predicted molar refractivity (Wildman–Crippen MR) is 128 cm³/mol. The number of carbonyl (C=O) groups is 1. The molecule has 0 saturated carbocycles. The zero-order valence-corrected chi connectivity index (χ0v) is 18.4. The van der Waals surface area contributed by atoms with E-state index in [2.05, 4.69) is 51.3 Å². The number of rotatable bonds is 7. The van der Waals surface area contributed by atoms with Gasteiger partial charge in [0.2, 0.25) is 0 Å². The number of benzene rings is 2. The number of aromatic nitrogens is 1. The number of hydrogen-bond donors (Lipinski definition) is 2. The van der Waals surface area contributed by atoms with E-state index < -0.39 is 0 Å². The third-order valence-electron chi connectivity index (χ3n) is 5.95. The van der Waals surface area contributed by atoms with Crippen molar-refractivity contribution in [1.82, 2.24) is 10.3 Å². The fourth-order valence-corrected chi connectivity index (χ4v) is 4.23. The highest BCUT2D eigenvalue weighted by molar-refractivity contribution is 5.99. The third kappa shape index (κ3) is 5.08. The van der Waals surface area contributed by atoms with Gasteiger partial charge < -0.3 is 20.2 Å². The van der Waals surface area contributed by atoms with Gasteiger partial charge in [0, 0.05) is 38.1 Å². The van der Waals surface area contributed by atoms with Gasteiger partial charge in [0.15, 0.2) is 0 Å². The van der Waals surface area contributed by atoms with E-state index in [1.54, 1.807) is 12.3 Å². The van der Waals surface area contributed by atoms with Gasteiger partial charge in [-0.05, 0) is 42.7 Å². The molecule has 3 aromatic rings. The Morgan fingerprint density at radius 2 is 1.66 bits per heavy atom. The maximum Gasteiger partial charge on any atom is 0.255 e. The van der Waals surface area contributed by atoms with Crippen LogP contribution in [0.15, 0.2) is 72.9 Å². The lowest BCUT2D eigenvalue weighted by atomic mass is 10.1. The second kappa shape index (κ2) is 10.3. The molecule has 0 bridgehead atoms. The fourth-order valence-electron chi connectivity index (χ4n) is 4.23. The van der Waals surface area contributed by atoms with E-state index in [-0.39, 0.29) is 18.6 Å². The molecule has 1 saturated heterocycles. The number of aliphatic hydroxyl groups is 1. The van der Waals surface area contributed by atoms with Crippen LogP contribution >= 0.6 is 0 Å². The fraction of sp³-hybridized carbons (Fsp3) is 0.308. The first-order valence-corrected chi connectivity index (χ1v) is 11.1. The molecule has 6 heteroatoms. The topological polar surface area (TPSA) is 68.7 Å². The first-order chi connectivity index (χ1) is 15.7. The summed E-state index contributed by atoms with van der Waals surface area (Å²) in [5.74, 6) is 0.496. The molecule has 1 amide bonds. The van der Waals surface area contributed by atoms with Crippen molar-refractivity contribution < 1.29 is 9.90 Å². The Morgan fingerprint density at radius 1 is 0.969 bits per heavy atom. The molecule has 0 radical (unpaired) electrons. The molecular weight excluding hydrogens is 400 g/mol. The van der Waals surface area contributed by atoms with Crippen LogP contribution in [0, 0.1) is 6.92 Å². The zero-order chi connectivity index (χ0) is 22.3. The molecule has 1 unspecified atom stereocenters. The molecule has 1 atom stereocenters. The molecule has 1 aliphatic heterocycles. The van der Waals surface area contributed by atoms with Crippen LogP contribution in [0.3, 0.4) is 0 Å². The van der Waals surface area contributed by atoms with Gasteiger partial charge in [-0.25, -0.2) is 4.98 Å². The molecule has 32 heavy (non-hydrogen) atoms. The van der Waals surface area contributed by atoms with Crippen LogP contribution in [-0.4, -0.2) is 54.8 Å². The second-order valence-corrected chi connectivity index (χ2v) is 8.18. The SMILES string of the molecule is Cc1ccccc1N1CCN(c2ncccc2C(=O)NC(CO)Cc2ccccc2)CC1. The molecule has 1 aromatic heterocycles. The first-order valence-electron chi connectivity index (χ1n) is 11.1. The van der Waals surface area contributed by atoms with Crippen LogP contribution in [-0.2, 0) is 6.42 Å². The van der Waals surface area contributed by atoms with Gasteiger partial charge in [0.25, 0.3) is 5.91 Å². The lowest BCUT2D eigenvalue weighted by Gasteiger charge is -2.38. The second-order valence-electron chi connectivity index (χ2n) is 8.18. The van der Waals surface area contributed by atoms with E-state index in [0.717, 1.165) is 31.7 Å². The van der Waals surface area contributed by atoms with Crippen molar-refractivity contribution in [3.05, 3.63) is 89.6 Å². The smallest absolute Gasteiger partial charge is 0.255 e. The number of aliphatic hydroxyl groups excluding tert-OH is 1. The Hall–Kier alpha value is -3.38. The summed E-state index contributed by atoms with van der Waals surface area (Å²) in [6.45, 7) is 5.34. The van der Waals surface area contributed by atoms with Crippen molar-refractivity contribution in [3.8, 4) is 0 Å². The Morgan fingerprint density at radius 3 is 2.38 bits per heavy atom. The standard InChI is InChI=1S/C26H30N4O2/c1-20-8-5-6-12-24(20)29-14-16-30(17-15-29)25-23(11-7-13-27-25)26(32)28-22(19-31)18-21-9-3-2-4-10-21/h2-13,22,31H,14-19H2,1H3,(H,28,32). The van der Waals surface area contributed by atoms with Crippen LogP contribution < -0.4 is 15.1 Å². The number of nitrogens with one attached hydrogen (secondary N) is 1. The van der Waals surface area contributed by atoms with Gasteiger partial charge in [-0.15, -0.1) is 0 Å². The molecule has 2 aromatic carbocycles. The zero-order valence-electron chi connectivity index (χ0n) is 18.4. The molecule has 0 aliphatic carbocycles. The van der Waals surface area contributed by atoms with Crippen molar-refractivity contribution in [3.63, 3.8) is 0 Å². The van der Waals surface area contributed by atoms with E-state index in [1.807, 2.05) is 36.4 Å². The highest BCUT2D eigenvalue weighted by Gasteiger charge is 2.24. The van der Waals surface area contributed by atoms with Crippen molar-refractivity contribution in [1.29, 1.82) is 0 Å². The van der Waals surface area contributed by atoms with Gasteiger partial charge in [0.1, 0.15) is 5.82 Å². The number of hydrogen-bond acceptors (Lipinski definition) is 5. The quantitative estimate of drug-likeness (QED) is 0.603. The number of carbonyl (C=O) groups excluding carboxylic acids is 1. The number of nitrogens with zero attached hydrogens (tertiary/aromatic N) is 3. The van der Waals surface area contributed by atoms with Crippen LogP contribution in [0.25, 0.3) is 0 Å². The van der Waals surface area contributed by atoms with Crippen LogP contribution in [0.2, 0.25) is 0 Å². The number of amides is 1. The molecule has 166 valence electrons. The summed E-state index contributed by atoms with van der Waals surface area (Å²) in [5, 5.41) is 12.8. The number of anilines is 2. The predicted octanol–water partition coefficient (Wildman–Crippen LogP) is 3.05. The molecule has 1 fully saturated rings. The van der Waals surface area contributed by atoms with Crippen LogP contribution in [0.5, 0.6) is 0 Å². The maximum atomic E-state index is 13.1. The monoisotopic (exact) mass is 430 g/mol.